The average Bonchev–Trinajstić information content (AvgIpc) is 2.04. The molecule has 1 unspecified atom stereocenters. The Kier molecular flexibility index (Phi) is 2.31. The molecule has 1 amide bonds. The Labute approximate surface area is 65.5 Å². The maximum Gasteiger partial charge on any atom is 0.262 e. The van der Waals surface area contributed by atoms with Crippen LogP contribution >= 0.6 is 0 Å². The van der Waals surface area contributed by atoms with Crippen molar-refractivity contribution >= 4 is 5.91 Å². The van der Waals surface area contributed by atoms with E-state index in [0.29, 0.717) is 0 Å². The molecule has 0 aromatic rings. The molecule has 0 aliphatic carbocycles. The van der Waals surface area contributed by atoms with Gasteiger partial charge in [-0.1, -0.05) is 13.0 Å². The fourth-order valence-electron chi connectivity index (χ4n) is 1.01. The molecule has 1 aliphatic rings. The number of hydrogen-bond donors (Lipinski definition) is 1. The van der Waals surface area contributed by atoms with E-state index in [1.807, 2.05) is 13.0 Å². The van der Waals surface area contributed by atoms with Crippen LogP contribution in [0, 0.1) is 0 Å². The van der Waals surface area contributed by atoms with Crippen molar-refractivity contribution in [1.29, 1.82) is 0 Å². The highest BCUT2D eigenvalue weighted by molar-refractivity contribution is 5.82. The van der Waals surface area contributed by atoms with E-state index in [4.69, 9.17) is 10.5 Å². The molecule has 1 rings (SSSR count). The van der Waals surface area contributed by atoms with Gasteiger partial charge in [0.15, 0.2) is 6.10 Å². The van der Waals surface area contributed by atoms with Crippen molar-refractivity contribution in [2.45, 2.75) is 19.4 Å². The van der Waals surface area contributed by atoms with Crippen LogP contribution in [-0.4, -0.2) is 12.0 Å². The Balaban J connectivity index is 2.75. The summed E-state index contributed by atoms with van der Waals surface area (Å²) in [5, 5.41) is 0. The third kappa shape index (κ3) is 1.61. The number of carbonyl (C=O) groups is 1. The van der Waals surface area contributed by atoms with Crippen molar-refractivity contribution in [3.63, 3.8) is 0 Å². The van der Waals surface area contributed by atoms with Crippen LogP contribution in [0.3, 0.4) is 0 Å². The summed E-state index contributed by atoms with van der Waals surface area (Å²) >= 11 is 0. The highest BCUT2D eigenvalue weighted by atomic mass is 16.5. The molecule has 0 aromatic heterocycles. The van der Waals surface area contributed by atoms with E-state index in [-0.39, 0.29) is 0 Å². The molecule has 0 fully saturated rings. The summed E-state index contributed by atoms with van der Waals surface area (Å²) in [5.41, 5.74) is 6.03. The second-order valence-electron chi connectivity index (χ2n) is 2.34. The molecule has 0 radical (unpaired) electrons. The smallest absolute Gasteiger partial charge is 0.262 e. The van der Waals surface area contributed by atoms with Crippen LogP contribution in [-0.2, 0) is 9.53 Å². The summed E-state index contributed by atoms with van der Waals surface area (Å²) in [6.45, 7) is 1.96. The number of nitrogens with two attached hydrogens (primary N) is 1. The monoisotopic (exact) mass is 153 g/mol. The van der Waals surface area contributed by atoms with Crippen LogP contribution in [0.25, 0.3) is 0 Å². The Morgan fingerprint density at radius 1 is 1.82 bits per heavy atom. The first-order valence-corrected chi connectivity index (χ1v) is 3.56. The van der Waals surface area contributed by atoms with Crippen LogP contribution in [0.5, 0.6) is 0 Å². The first-order valence-electron chi connectivity index (χ1n) is 3.56. The molecule has 3 nitrogen and oxygen atoms in total. The number of ether oxygens (including phenoxy) is 1. The molecule has 1 heterocycles. The highest BCUT2D eigenvalue weighted by Gasteiger charge is 2.20. The van der Waals surface area contributed by atoms with Crippen molar-refractivity contribution in [3.8, 4) is 0 Å². The second-order valence-corrected chi connectivity index (χ2v) is 2.34. The summed E-state index contributed by atoms with van der Waals surface area (Å²) in [4.78, 5) is 10.7. The minimum Gasteiger partial charge on any atom is -0.484 e. The lowest BCUT2D eigenvalue weighted by Crippen LogP contribution is -2.32. The van der Waals surface area contributed by atoms with Gasteiger partial charge in [-0.3, -0.25) is 4.79 Å². The normalized spacial score (nSPS) is 22.3. The van der Waals surface area contributed by atoms with Gasteiger partial charge in [0.1, 0.15) is 0 Å². The molecule has 1 aliphatic heterocycles. The summed E-state index contributed by atoms with van der Waals surface area (Å²) in [7, 11) is 0. The number of amides is 1. The first-order chi connectivity index (χ1) is 5.25. The highest BCUT2D eigenvalue weighted by Crippen LogP contribution is 2.15. The molecule has 60 valence electrons. The van der Waals surface area contributed by atoms with Gasteiger partial charge >= 0.3 is 0 Å². The Morgan fingerprint density at radius 2 is 2.55 bits per heavy atom. The number of allylic oxidation sites excluding steroid dienone is 2. The average molecular weight is 153 g/mol. The minimum atomic E-state index is -0.551. The van der Waals surface area contributed by atoms with E-state index in [0.717, 1.165) is 12.0 Å². The van der Waals surface area contributed by atoms with Crippen LogP contribution in [0.4, 0.5) is 0 Å². The van der Waals surface area contributed by atoms with Crippen LogP contribution in [0.2, 0.25) is 0 Å². The minimum absolute atomic E-state index is 0.428. The van der Waals surface area contributed by atoms with Gasteiger partial charge in [0, 0.05) is 0 Å². The number of rotatable bonds is 2. The third-order valence-corrected chi connectivity index (χ3v) is 1.61. The topological polar surface area (TPSA) is 52.3 Å². The maximum atomic E-state index is 10.7. The summed E-state index contributed by atoms with van der Waals surface area (Å²) in [6.07, 6.45) is 5.34. The predicted molar refractivity (Wildman–Crippen MR) is 41.6 cm³/mol. The fourth-order valence-corrected chi connectivity index (χ4v) is 1.01. The van der Waals surface area contributed by atoms with Gasteiger partial charge in [0.2, 0.25) is 0 Å². The Morgan fingerprint density at radius 3 is 3.00 bits per heavy atom. The van der Waals surface area contributed by atoms with Gasteiger partial charge in [-0.15, -0.1) is 0 Å². The summed E-state index contributed by atoms with van der Waals surface area (Å²) < 4.78 is 5.02. The van der Waals surface area contributed by atoms with Crippen molar-refractivity contribution in [1.82, 2.24) is 0 Å². The lowest BCUT2D eigenvalue weighted by Gasteiger charge is -2.17. The van der Waals surface area contributed by atoms with Crippen LogP contribution in [0.15, 0.2) is 24.0 Å². The van der Waals surface area contributed by atoms with Crippen LogP contribution in [0.1, 0.15) is 13.3 Å². The van der Waals surface area contributed by atoms with Gasteiger partial charge in [-0.05, 0) is 18.1 Å². The number of hydrogen-bond acceptors (Lipinski definition) is 2. The second kappa shape index (κ2) is 3.23. The molecule has 0 saturated heterocycles. The zero-order valence-corrected chi connectivity index (χ0v) is 6.41. The van der Waals surface area contributed by atoms with E-state index < -0.39 is 12.0 Å². The number of carbonyl (C=O) groups excluding carboxylic acids is 1. The van der Waals surface area contributed by atoms with Crippen molar-refractivity contribution in [3.05, 3.63) is 24.0 Å². The van der Waals surface area contributed by atoms with E-state index in [9.17, 15) is 4.79 Å². The molecule has 2 N–H and O–H groups in total. The Hall–Kier alpha value is -1.25. The van der Waals surface area contributed by atoms with E-state index >= 15 is 0 Å². The fraction of sp³-hybridized carbons (Fsp3) is 0.375. The molecule has 11 heavy (non-hydrogen) atoms. The van der Waals surface area contributed by atoms with Gasteiger partial charge in [0.25, 0.3) is 5.91 Å². The molecule has 0 aromatic carbocycles. The van der Waals surface area contributed by atoms with Gasteiger partial charge in [-0.2, -0.15) is 0 Å². The Bertz CT molecular complexity index is 218. The molecule has 0 spiro atoms. The standard InChI is InChI=1S/C8H11NO2/c1-2-6-4-3-5-11-7(6)8(9)10/h3-5,7H,2H2,1H3,(H2,9,10). The largest absolute Gasteiger partial charge is 0.484 e. The van der Waals surface area contributed by atoms with Gasteiger partial charge in [0.05, 0.1) is 6.26 Å². The zero-order valence-electron chi connectivity index (χ0n) is 6.41. The molecule has 0 saturated carbocycles. The van der Waals surface area contributed by atoms with E-state index in [2.05, 4.69) is 0 Å². The summed E-state index contributed by atoms with van der Waals surface area (Å²) in [5.74, 6) is -0.428. The van der Waals surface area contributed by atoms with Crippen molar-refractivity contribution in [2.75, 3.05) is 0 Å². The maximum absolute atomic E-state index is 10.7. The summed E-state index contributed by atoms with van der Waals surface area (Å²) in [6, 6.07) is 0. The number of primary amides is 1. The first kappa shape index (κ1) is 7.85. The van der Waals surface area contributed by atoms with Crippen molar-refractivity contribution in [2.24, 2.45) is 5.73 Å². The SMILES string of the molecule is CCC1=CC=COC1C(N)=O. The molecule has 1 atom stereocenters. The third-order valence-electron chi connectivity index (χ3n) is 1.61. The van der Waals surface area contributed by atoms with Crippen molar-refractivity contribution < 1.29 is 9.53 Å². The molecule has 3 heteroatoms. The quantitative estimate of drug-likeness (QED) is 0.635. The lowest BCUT2D eigenvalue weighted by molar-refractivity contribution is -0.124. The van der Waals surface area contributed by atoms with Crippen LogP contribution < -0.4 is 5.73 Å². The molecular formula is C8H11NO2. The zero-order chi connectivity index (χ0) is 8.27. The lowest BCUT2D eigenvalue weighted by atomic mass is 10.1. The van der Waals surface area contributed by atoms with Gasteiger partial charge < -0.3 is 10.5 Å². The van der Waals surface area contributed by atoms with Gasteiger partial charge in [-0.25, -0.2) is 0 Å². The molecule has 0 bridgehead atoms. The van der Waals surface area contributed by atoms with E-state index in [1.165, 1.54) is 6.26 Å². The predicted octanol–water partition coefficient (Wildman–Crippen LogP) is 0.721. The molecular weight excluding hydrogens is 142 g/mol. The van der Waals surface area contributed by atoms with E-state index in [1.54, 1.807) is 6.08 Å².